The third-order valence-electron chi connectivity index (χ3n) is 5.15. The number of benzene rings is 2. The third-order valence-corrected chi connectivity index (χ3v) is 6.28. The van der Waals surface area contributed by atoms with Gasteiger partial charge in [0.25, 0.3) is 11.5 Å². The van der Waals surface area contributed by atoms with Crippen LogP contribution in [0.4, 0.5) is 0 Å². The van der Waals surface area contributed by atoms with Crippen molar-refractivity contribution in [2.45, 2.75) is 18.0 Å². The highest BCUT2D eigenvalue weighted by molar-refractivity contribution is 7.90. The molecule has 2 aromatic carbocycles. The Labute approximate surface area is 185 Å². The summed E-state index contributed by atoms with van der Waals surface area (Å²) >= 11 is 0. The fourth-order valence-electron chi connectivity index (χ4n) is 3.37. The predicted molar refractivity (Wildman–Crippen MR) is 122 cm³/mol. The standard InChI is InChI=1S/C24H21N3O4S/c1-32(30,31)21-6-2-18(3-7-21)16-27-13-10-19-4-5-20(14-22(19)24(27)29)23(28)26-15-17-8-11-25-12-9-17/h2-14H,15-16H2,1H3,(H,26,28). The number of carbonyl (C=O) groups excluding carboxylic acids is 1. The molecule has 0 saturated carbocycles. The lowest BCUT2D eigenvalue weighted by Gasteiger charge is -2.10. The lowest BCUT2D eigenvalue weighted by atomic mass is 10.1. The van der Waals surface area contributed by atoms with Crippen molar-refractivity contribution >= 4 is 26.5 Å². The first-order valence-corrected chi connectivity index (χ1v) is 11.8. The second-order valence-corrected chi connectivity index (χ2v) is 9.52. The second kappa shape index (κ2) is 8.76. The molecule has 0 atom stereocenters. The number of sulfone groups is 1. The van der Waals surface area contributed by atoms with E-state index in [0.717, 1.165) is 22.8 Å². The Morgan fingerprint density at radius 1 is 0.969 bits per heavy atom. The molecule has 162 valence electrons. The molecule has 0 spiro atoms. The number of hydrogen-bond donors (Lipinski definition) is 1. The zero-order chi connectivity index (χ0) is 22.7. The summed E-state index contributed by atoms with van der Waals surface area (Å²) in [7, 11) is -3.27. The number of fused-ring (bicyclic) bond motifs is 1. The van der Waals surface area contributed by atoms with Crippen molar-refractivity contribution in [3.8, 4) is 0 Å². The largest absolute Gasteiger partial charge is 0.348 e. The fourth-order valence-corrected chi connectivity index (χ4v) is 4.00. The smallest absolute Gasteiger partial charge is 0.258 e. The minimum Gasteiger partial charge on any atom is -0.348 e. The average Bonchev–Trinajstić information content (AvgIpc) is 2.79. The molecular formula is C24H21N3O4S. The number of rotatable bonds is 6. The molecule has 0 bridgehead atoms. The molecule has 1 amide bonds. The van der Waals surface area contributed by atoms with Crippen LogP contribution in [-0.2, 0) is 22.9 Å². The summed E-state index contributed by atoms with van der Waals surface area (Å²) in [4.78, 5) is 29.8. The Kier molecular flexibility index (Phi) is 5.87. The van der Waals surface area contributed by atoms with E-state index in [-0.39, 0.29) is 22.9 Å². The van der Waals surface area contributed by atoms with Crippen LogP contribution in [0.3, 0.4) is 0 Å². The van der Waals surface area contributed by atoms with Crippen LogP contribution in [0.25, 0.3) is 10.8 Å². The first kappa shape index (κ1) is 21.5. The number of nitrogens with zero attached hydrogens (tertiary/aromatic N) is 2. The number of carbonyl (C=O) groups is 1. The molecule has 32 heavy (non-hydrogen) atoms. The maximum Gasteiger partial charge on any atom is 0.258 e. The number of amides is 1. The normalized spacial score (nSPS) is 11.4. The maximum atomic E-state index is 13.0. The van der Waals surface area contributed by atoms with Gasteiger partial charge in [0.1, 0.15) is 0 Å². The van der Waals surface area contributed by atoms with Crippen molar-refractivity contribution < 1.29 is 13.2 Å². The average molecular weight is 448 g/mol. The molecule has 7 nitrogen and oxygen atoms in total. The Hall–Kier alpha value is -3.78. The first-order valence-electron chi connectivity index (χ1n) is 9.90. The Morgan fingerprint density at radius 2 is 1.69 bits per heavy atom. The van der Waals surface area contributed by atoms with Crippen molar-refractivity contribution in [2.24, 2.45) is 0 Å². The van der Waals surface area contributed by atoms with E-state index in [0.29, 0.717) is 17.5 Å². The van der Waals surface area contributed by atoms with Crippen LogP contribution in [0.1, 0.15) is 21.5 Å². The van der Waals surface area contributed by atoms with Gasteiger partial charge in [-0.3, -0.25) is 14.6 Å². The lowest BCUT2D eigenvalue weighted by Crippen LogP contribution is -2.24. The summed E-state index contributed by atoms with van der Waals surface area (Å²) < 4.78 is 24.8. The molecule has 4 aromatic rings. The van der Waals surface area contributed by atoms with E-state index in [1.54, 1.807) is 48.9 Å². The summed E-state index contributed by atoms with van der Waals surface area (Å²) in [5.74, 6) is -0.269. The highest BCUT2D eigenvalue weighted by atomic mass is 32.2. The van der Waals surface area contributed by atoms with Crippen LogP contribution in [0, 0.1) is 0 Å². The van der Waals surface area contributed by atoms with Gasteiger partial charge in [-0.05, 0) is 59.0 Å². The highest BCUT2D eigenvalue weighted by Crippen LogP contribution is 2.15. The Balaban J connectivity index is 1.57. The summed E-state index contributed by atoms with van der Waals surface area (Å²) in [6, 6.07) is 16.9. The summed E-state index contributed by atoms with van der Waals surface area (Å²) in [6.45, 7) is 0.652. The minimum absolute atomic E-state index is 0.224. The van der Waals surface area contributed by atoms with Gasteiger partial charge in [-0.25, -0.2) is 8.42 Å². The van der Waals surface area contributed by atoms with Gasteiger partial charge in [-0.1, -0.05) is 18.2 Å². The molecule has 8 heteroatoms. The van der Waals surface area contributed by atoms with Gasteiger partial charge in [-0.15, -0.1) is 0 Å². The van der Waals surface area contributed by atoms with E-state index in [4.69, 9.17) is 0 Å². The number of hydrogen-bond acceptors (Lipinski definition) is 5. The van der Waals surface area contributed by atoms with Gasteiger partial charge in [0.05, 0.1) is 11.4 Å². The van der Waals surface area contributed by atoms with Gasteiger partial charge in [0.15, 0.2) is 9.84 Å². The predicted octanol–water partition coefficient (Wildman–Crippen LogP) is 2.78. The van der Waals surface area contributed by atoms with Crippen molar-refractivity contribution in [3.63, 3.8) is 0 Å². The molecule has 0 radical (unpaired) electrons. The van der Waals surface area contributed by atoms with Crippen LogP contribution in [0.2, 0.25) is 0 Å². The quantitative estimate of drug-likeness (QED) is 0.490. The van der Waals surface area contributed by atoms with Crippen molar-refractivity contribution in [1.82, 2.24) is 14.9 Å². The van der Waals surface area contributed by atoms with E-state index in [2.05, 4.69) is 10.3 Å². The topological polar surface area (TPSA) is 98.1 Å². The van der Waals surface area contributed by atoms with Crippen molar-refractivity contribution in [3.05, 3.63) is 106 Å². The second-order valence-electron chi connectivity index (χ2n) is 7.51. The number of nitrogens with one attached hydrogen (secondary N) is 1. The molecule has 2 heterocycles. The molecule has 2 aromatic heterocycles. The SMILES string of the molecule is CS(=O)(=O)c1ccc(Cn2ccc3ccc(C(=O)NCc4ccncc4)cc3c2=O)cc1. The zero-order valence-electron chi connectivity index (χ0n) is 17.4. The van der Waals surface area contributed by atoms with Crippen LogP contribution >= 0.6 is 0 Å². The van der Waals surface area contributed by atoms with Crippen LogP contribution in [0.5, 0.6) is 0 Å². The van der Waals surface area contributed by atoms with Crippen LogP contribution in [-0.4, -0.2) is 30.1 Å². The van der Waals surface area contributed by atoms with E-state index in [1.807, 2.05) is 18.2 Å². The molecule has 4 rings (SSSR count). The van der Waals surface area contributed by atoms with Crippen molar-refractivity contribution in [2.75, 3.05) is 6.26 Å². The molecule has 0 aliphatic rings. The monoisotopic (exact) mass is 447 g/mol. The van der Waals surface area contributed by atoms with E-state index in [1.165, 1.54) is 16.7 Å². The Bertz CT molecular complexity index is 1440. The minimum atomic E-state index is -3.27. The molecule has 0 aliphatic heterocycles. The number of aromatic nitrogens is 2. The molecule has 0 fully saturated rings. The fraction of sp³-hybridized carbons (Fsp3) is 0.125. The van der Waals surface area contributed by atoms with Gasteiger partial charge in [-0.2, -0.15) is 0 Å². The van der Waals surface area contributed by atoms with Gasteiger partial charge in [0.2, 0.25) is 0 Å². The number of pyridine rings is 2. The highest BCUT2D eigenvalue weighted by Gasteiger charge is 2.11. The lowest BCUT2D eigenvalue weighted by molar-refractivity contribution is 0.0951. The van der Waals surface area contributed by atoms with E-state index in [9.17, 15) is 18.0 Å². The van der Waals surface area contributed by atoms with E-state index < -0.39 is 9.84 Å². The molecule has 0 aliphatic carbocycles. The molecule has 1 N–H and O–H groups in total. The molecule has 0 unspecified atom stereocenters. The summed E-state index contributed by atoms with van der Waals surface area (Å²) in [6.07, 6.45) is 6.17. The van der Waals surface area contributed by atoms with Gasteiger partial charge in [0, 0.05) is 42.3 Å². The van der Waals surface area contributed by atoms with Crippen molar-refractivity contribution in [1.29, 1.82) is 0 Å². The molecular weight excluding hydrogens is 426 g/mol. The molecule has 0 saturated heterocycles. The summed E-state index contributed by atoms with van der Waals surface area (Å²) in [5.41, 5.74) is 1.90. The zero-order valence-corrected chi connectivity index (χ0v) is 18.2. The van der Waals surface area contributed by atoms with Crippen LogP contribution in [0.15, 0.2) is 88.9 Å². The summed E-state index contributed by atoms with van der Waals surface area (Å²) in [5, 5.41) is 4.03. The Morgan fingerprint density at radius 3 is 2.38 bits per heavy atom. The van der Waals surface area contributed by atoms with E-state index >= 15 is 0 Å². The van der Waals surface area contributed by atoms with Gasteiger partial charge >= 0.3 is 0 Å². The first-order chi connectivity index (χ1) is 15.3. The maximum absolute atomic E-state index is 13.0. The van der Waals surface area contributed by atoms with Gasteiger partial charge < -0.3 is 9.88 Å². The third kappa shape index (κ3) is 4.76. The van der Waals surface area contributed by atoms with Crippen LogP contribution < -0.4 is 10.9 Å².